The first kappa shape index (κ1) is 13.7. The van der Waals surface area contributed by atoms with Crippen LogP contribution in [0.2, 0.25) is 0 Å². The monoisotopic (exact) mass is 240 g/mol. The summed E-state index contributed by atoms with van der Waals surface area (Å²) in [7, 11) is 0. The van der Waals surface area contributed by atoms with E-state index in [0.717, 1.165) is 25.9 Å². The van der Waals surface area contributed by atoms with Crippen LogP contribution in [0.3, 0.4) is 0 Å². The predicted molar refractivity (Wildman–Crippen MR) is 55.2 cm³/mol. The first-order chi connectivity index (χ1) is 7.51. The molecule has 0 aromatic heterocycles. The quantitative estimate of drug-likeness (QED) is 0.747. The minimum Gasteiger partial charge on any atom is -0.395 e. The van der Waals surface area contributed by atoms with Crippen LogP contribution in [-0.4, -0.2) is 55.5 Å². The van der Waals surface area contributed by atoms with Gasteiger partial charge in [0.15, 0.2) is 0 Å². The minimum absolute atomic E-state index is 0.0933. The number of alkyl halides is 3. The summed E-state index contributed by atoms with van der Waals surface area (Å²) < 4.78 is 36.7. The lowest BCUT2D eigenvalue weighted by Crippen LogP contribution is -2.43. The molecule has 2 N–H and O–H groups in total. The van der Waals surface area contributed by atoms with E-state index in [9.17, 15) is 13.2 Å². The molecule has 0 amide bonds. The van der Waals surface area contributed by atoms with Gasteiger partial charge in [0.2, 0.25) is 0 Å². The Labute approximate surface area is 93.6 Å². The predicted octanol–water partition coefficient (Wildman–Crippen LogP) is 0.843. The van der Waals surface area contributed by atoms with E-state index in [1.54, 1.807) is 0 Å². The van der Waals surface area contributed by atoms with Crippen molar-refractivity contribution in [3.8, 4) is 0 Å². The highest BCUT2D eigenvalue weighted by molar-refractivity contribution is 4.74. The smallest absolute Gasteiger partial charge is 0.395 e. The largest absolute Gasteiger partial charge is 0.401 e. The van der Waals surface area contributed by atoms with Crippen LogP contribution < -0.4 is 5.32 Å². The summed E-state index contributed by atoms with van der Waals surface area (Å²) >= 11 is 0. The number of nitrogens with one attached hydrogen (secondary N) is 1. The molecule has 16 heavy (non-hydrogen) atoms. The standard InChI is InChI=1S/C10H19F3N2O/c11-10(12,13)8-15(4-5-16)7-9-2-1-3-14-6-9/h9,14,16H,1-8H2. The molecule has 0 aromatic rings. The van der Waals surface area contributed by atoms with Crippen molar-refractivity contribution in [1.82, 2.24) is 10.2 Å². The van der Waals surface area contributed by atoms with Gasteiger partial charge < -0.3 is 10.4 Å². The van der Waals surface area contributed by atoms with Gasteiger partial charge in [0, 0.05) is 13.1 Å². The minimum atomic E-state index is -4.18. The number of aliphatic hydroxyl groups excluding tert-OH is 1. The third-order valence-electron chi connectivity index (χ3n) is 2.73. The molecule has 3 nitrogen and oxygen atoms in total. The molecule has 0 bridgehead atoms. The lowest BCUT2D eigenvalue weighted by atomic mass is 9.99. The highest BCUT2D eigenvalue weighted by atomic mass is 19.4. The van der Waals surface area contributed by atoms with E-state index in [0.29, 0.717) is 6.54 Å². The Morgan fingerprint density at radius 1 is 1.38 bits per heavy atom. The van der Waals surface area contributed by atoms with Gasteiger partial charge in [0.25, 0.3) is 0 Å². The Hall–Kier alpha value is -0.330. The number of aliphatic hydroxyl groups is 1. The van der Waals surface area contributed by atoms with Gasteiger partial charge >= 0.3 is 6.18 Å². The van der Waals surface area contributed by atoms with Crippen LogP contribution in [0.1, 0.15) is 12.8 Å². The summed E-state index contributed by atoms with van der Waals surface area (Å²) in [5.41, 5.74) is 0. The molecule has 0 aromatic carbocycles. The van der Waals surface area contributed by atoms with Gasteiger partial charge in [0.05, 0.1) is 13.2 Å². The maximum Gasteiger partial charge on any atom is 0.401 e. The number of rotatable bonds is 5. The van der Waals surface area contributed by atoms with Crippen LogP contribution >= 0.6 is 0 Å². The van der Waals surface area contributed by atoms with Crippen LogP contribution in [0.4, 0.5) is 13.2 Å². The molecule has 0 spiro atoms. The Morgan fingerprint density at radius 3 is 2.62 bits per heavy atom. The zero-order chi connectivity index (χ0) is 12.0. The summed E-state index contributed by atoms with van der Waals surface area (Å²) in [6, 6.07) is 0. The number of hydrogen-bond acceptors (Lipinski definition) is 3. The van der Waals surface area contributed by atoms with Crippen molar-refractivity contribution >= 4 is 0 Å². The number of hydrogen-bond donors (Lipinski definition) is 2. The van der Waals surface area contributed by atoms with Crippen LogP contribution in [0.25, 0.3) is 0 Å². The second-order valence-electron chi connectivity index (χ2n) is 4.29. The van der Waals surface area contributed by atoms with Crippen molar-refractivity contribution in [2.24, 2.45) is 5.92 Å². The molecule has 1 heterocycles. The summed E-state index contributed by atoms with van der Waals surface area (Å²) in [6.07, 6.45) is -2.20. The second kappa shape index (κ2) is 6.42. The summed E-state index contributed by atoms with van der Waals surface area (Å²) in [4.78, 5) is 1.29. The molecule has 0 saturated carbocycles. The zero-order valence-electron chi connectivity index (χ0n) is 9.26. The Balaban J connectivity index is 2.36. The summed E-state index contributed by atoms with van der Waals surface area (Å²) in [6.45, 7) is 1.08. The van der Waals surface area contributed by atoms with Crippen molar-refractivity contribution in [1.29, 1.82) is 0 Å². The fraction of sp³-hybridized carbons (Fsp3) is 1.00. The van der Waals surface area contributed by atoms with E-state index in [-0.39, 0.29) is 19.1 Å². The normalized spacial score (nSPS) is 22.7. The highest BCUT2D eigenvalue weighted by Gasteiger charge is 2.31. The summed E-state index contributed by atoms with van der Waals surface area (Å²) in [5.74, 6) is 0.266. The average Bonchev–Trinajstić information content (AvgIpc) is 2.17. The van der Waals surface area contributed by atoms with E-state index in [1.807, 2.05) is 0 Å². The highest BCUT2D eigenvalue weighted by Crippen LogP contribution is 2.18. The van der Waals surface area contributed by atoms with Gasteiger partial charge in [-0.2, -0.15) is 13.2 Å². The Morgan fingerprint density at radius 2 is 2.12 bits per heavy atom. The number of nitrogens with zero attached hydrogens (tertiary/aromatic N) is 1. The molecule has 1 unspecified atom stereocenters. The molecule has 6 heteroatoms. The number of piperidine rings is 1. The van der Waals surface area contributed by atoms with Crippen molar-refractivity contribution < 1.29 is 18.3 Å². The van der Waals surface area contributed by atoms with Crippen LogP contribution in [0.15, 0.2) is 0 Å². The van der Waals surface area contributed by atoms with Crippen molar-refractivity contribution in [2.75, 3.05) is 39.3 Å². The van der Waals surface area contributed by atoms with Gasteiger partial charge in [-0.15, -0.1) is 0 Å². The van der Waals surface area contributed by atoms with Crippen molar-refractivity contribution in [3.05, 3.63) is 0 Å². The SMILES string of the molecule is OCCN(CC1CCCNC1)CC(F)(F)F. The van der Waals surface area contributed by atoms with E-state index < -0.39 is 12.7 Å². The maximum atomic E-state index is 12.2. The van der Waals surface area contributed by atoms with Crippen LogP contribution in [0, 0.1) is 5.92 Å². The topological polar surface area (TPSA) is 35.5 Å². The van der Waals surface area contributed by atoms with Crippen LogP contribution in [-0.2, 0) is 0 Å². The van der Waals surface area contributed by atoms with Gasteiger partial charge in [-0.1, -0.05) is 0 Å². The molecular weight excluding hydrogens is 221 g/mol. The Kier molecular flexibility index (Phi) is 5.51. The lowest BCUT2D eigenvalue weighted by Gasteiger charge is -2.30. The molecule has 1 saturated heterocycles. The van der Waals surface area contributed by atoms with E-state index in [4.69, 9.17) is 5.11 Å². The molecule has 1 atom stereocenters. The van der Waals surface area contributed by atoms with Gasteiger partial charge in [-0.3, -0.25) is 4.90 Å². The molecule has 1 fully saturated rings. The molecule has 1 aliphatic heterocycles. The molecular formula is C10H19F3N2O. The zero-order valence-corrected chi connectivity index (χ0v) is 9.26. The number of halogens is 3. The third kappa shape index (κ3) is 5.67. The van der Waals surface area contributed by atoms with Gasteiger partial charge in [-0.25, -0.2) is 0 Å². The lowest BCUT2D eigenvalue weighted by molar-refractivity contribution is -0.148. The van der Waals surface area contributed by atoms with Gasteiger partial charge in [-0.05, 0) is 31.8 Å². The summed E-state index contributed by atoms with van der Waals surface area (Å²) in [5, 5.41) is 11.9. The van der Waals surface area contributed by atoms with Gasteiger partial charge in [0.1, 0.15) is 0 Å². The molecule has 1 rings (SSSR count). The van der Waals surface area contributed by atoms with E-state index >= 15 is 0 Å². The third-order valence-corrected chi connectivity index (χ3v) is 2.73. The fourth-order valence-corrected chi connectivity index (χ4v) is 2.07. The first-order valence-corrected chi connectivity index (χ1v) is 5.62. The first-order valence-electron chi connectivity index (χ1n) is 5.62. The maximum absolute atomic E-state index is 12.2. The van der Waals surface area contributed by atoms with E-state index in [2.05, 4.69) is 5.32 Å². The average molecular weight is 240 g/mol. The van der Waals surface area contributed by atoms with E-state index in [1.165, 1.54) is 4.90 Å². The molecule has 96 valence electrons. The fourth-order valence-electron chi connectivity index (χ4n) is 2.07. The Bertz CT molecular complexity index is 193. The molecule has 0 aliphatic carbocycles. The van der Waals surface area contributed by atoms with Crippen molar-refractivity contribution in [3.63, 3.8) is 0 Å². The second-order valence-corrected chi connectivity index (χ2v) is 4.29. The van der Waals surface area contributed by atoms with Crippen LogP contribution in [0.5, 0.6) is 0 Å². The molecule has 1 aliphatic rings. The molecule has 0 radical (unpaired) electrons. The van der Waals surface area contributed by atoms with Crippen molar-refractivity contribution in [2.45, 2.75) is 19.0 Å².